The third kappa shape index (κ3) is 4.35. The average molecular weight is 406 g/mol. The Morgan fingerprint density at radius 1 is 1.17 bits per heavy atom. The molecule has 30 heavy (non-hydrogen) atoms. The fourth-order valence-corrected chi connectivity index (χ4v) is 3.59. The SMILES string of the molecule is Cc1ccc(C(CNc2oc(-c3ccccc3F)nc2C#N)N2CCOCC2)cc1. The zero-order chi connectivity index (χ0) is 20.9. The number of nitrogens with zero attached hydrogens (tertiary/aromatic N) is 3. The molecule has 154 valence electrons. The van der Waals surface area contributed by atoms with Gasteiger partial charge in [0.15, 0.2) is 0 Å². The Bertz CT molecular complexity index is 1040. The molecule has 0 saturated carbocycles. The predicted molar refractivity (Wildman–Crippen MR) is 111 cm³/mol. The molecule has 0 spiro atoms. The van der Waals surface area contributed by atoms with Crippen molar-refractivity contribution < 1.29 is 13.5 Å². The highest BCUT2D eigenvalue weighted by molar-refractivity contribution is 5.59. The summed E-state index contributed by atoms with van der Waals surface area (Å²) >= 11 is 0. The molecule has 0 bridgehead atoms. The Labute approximate surface area is 174 Å². The van der Waals surface area contributed by atoms with E-state index in [0.717, 1.165) is 13.1 Å². The highest BCUT2D eigenvalue weighted by Crippen LogP contribution is 2.29. The summed E-state index contributed by atoms with van der Waals surface area (Å²) in [5.41, 5.74) is 2.70. The van der Waals surface area contributed by atoms with Gasteiger partial charge in [-0.15, -0.1) is 0 Å². The van der Waals surface area contributed by atoms with Gasteiger partial charge in [0.25, 0.3) is 0 Å². The molecule has 4 rings (SSSR count). The third-order valence-corrected chi connectivity index (χ3v) is 5.24. The third-order valence-electron chi connectivity index (χ3n) is 5.24. The molecule has 1 N–H and O–H groups in total. The minimum atomic E-state index is -0.444. The van der Waals surface area contributed by atoms with Crippen LogP contribution in [0.4, 0.5) is 10.3 Å². The molecule has 1 saturated heterocycles. The first-order valence-electron chi connectivity index (χ1n) is 9.94. The van der Waals surface area contributed by atoms with Crippen LogP contribution in [-0.4, -0.2) is 42.7 Å². The number of oxazole rings is 1. The summed E-state index contributed by atoms with van der Waals surface area (Å²) < 4.78 is 25.3. The van der Waals surface area contributed by atoms with Gasteiger partial charge in [-0.2, -0.15) is 10.2 Å². The van der Waals surface area contributed by atoms with E-state index in [4.69, 9.17) is 9.15 Å². The van der Waals surface area contributed by atoms with Crippen molar-refractivity contribution in [3.05, 3.63) is 71.2 Å². The Morgan fingerprint density at radius 2 is 1.90 bits per heavy atom. The van der Waals surface area contributed by atoms with Crippen LogP contribution in [0.1, 0.15) is 22.9 Å². The van der Waals surface area contributed by atoms with Gasteiger partial charge in [0.1, 0.15) is 11.9 Å². The number of hydrogen-bond donors (Lipinski definition) is 1. The van der Waals surface area contributed by atoms with Crippen molar-refractivity contribution in [1.82, 2.24) is 9.88 Å². The van der Waals surface area contributed by atoms with E-state index < -0.39 is 5.82 Å². The van der Waals surface area contributed by atoms with Crippen LogP contribution >= 0.6 is 0 Å². The Hall–Kier alpha value is -3.21. The number of rotatable bonds is 6. The number of ether oxygens (including phenoxy) is 1. The molecule has 1 unspecified atom stereocenters. The minimum absolute atomic E-state index is 0.0723. The lowest BCUT2D eigenvalue weighted by Gasteiger charge is -2.35. The van der Waals surface area contributed by atoms with Gasteiger partial charge in [0.2, 0.25) is 17.5 Å². The van der Waals surface area contributed by atoms with E-state index in [0.29, 0.717) is 19.8 Å². The second-order valence-corrected chi connectivity index (χ2v) is 7.24. The molecular formula is C23H23FN4O2. The fraction of sp³-hybridized carbons (Fsp3) is 0.304. The fourth-order valence-electron chi connectivity index (χ4n) is 3.59. The average Bonchev–Trinajstić information content (AvgIpc) is 3.19. The number of morpholine rings is 1. The Balaban J connectivity index is 1.58. The van der Waals surface area contributed by atoms with Gasteiger partial charge < -0.3 is 14.5 Å². The maximum absolute atomic E-state index is 14.1. The van der Waals surface area contributed by atoms with Gasteiger partial charge in [-0.05, 0) is 24.6 Å². The number of aromatic nitrogens is 1. The molecule has 2 heterocycles. The highest BCUT2D eigenvalue weighted by Gasteiger charge is 2.24. The molecule has 1 aliphatic heterocycles. The van der Waals surface area contributed by atoms with Crippen molar-refractivity contribution in [3.8, 4) is 17.5 Å². The van der Waals surface area contributed by atoms with Gasteiger partial charge in [0.05, 0.1) is 24.8 Å². The van der Waals surface area contributed by atoms with Crippen LogP contribution < -0.4 is 5.32 Å². The monoisotopic (exact) mass is 406 g/mol. The molecule has 3 aromatic rings. The number of halogens is 1. The van der Waals surface area contributed by atoms with Crippen LogP contribution in [0.5, 0.6) is 0 Å². The minimum Gasteiger partial charge on any atom is -0.419 e. The molecule has 0 radical (unpaired) electrons. The van der Waals surface area contributed by atoms with Crippen molar-refractivity contribution in [2.75, 3.05) is 38.2 Å². The number of benzene rings is 2. The first-order chi connectivity index (χ1) is 14.7. The summed E-state index contributed by atoms with van der Waals surface area (Å²) in [6, 6.07) is 16.7. The summed E-state index contributed by atoms with van der Waals surface area (Å²) in [7, 11) is 0. The smallest absolute Gasteiger partial charge is 0.233 e. The summed E-state index contributed by atoms with van der Waals surface area (Å²) in [4.78, 5) is 6.52. The Kier molecular flexibility index (Phi) is 6.07. The van der Waals surface area contributed by atoms with Gasteiger partial charge >= 0.3 is 0 Å². The second kappa shape index (κ2) is 9.08. The van der Waals surface area contributed by atoms with E-state index >= 15 is 0 Å². The lowest BCUT2D eigenvalue weighted by molar-refractivity contribution is 0.0186. The number of nitriles is 1. The topological polar surface area (TPSA) is 74.3 Å². The lowest BCUT2D eigenvalue weighted by Crippen LogP contribution is -2.41. The van der Waals surface area contributed by atoms with E-state index in [2.05, 4.69) is 46.4 Å². The van der Waals surface area contributed by atoms with Crippen LogP contribution in [-0.2, 0) is 4.74 Å². The van der Waals surface area contributed by atoms with E-state index in [1.807, 2.05) is 6.07 Å². The van der Waals surface area contributed by atoms with Crippen molar-refractivity contribution in [1.29, 1.82) is 5.26 Å². The van der Waals surface area contributed by atoms with Gasteiger partial charge in [0, 0.05) is 19.6 Å². The molecule has 0 amide bonds. The standard InChI is InChI=1S/C23H23FN4O2/c1-16-6-8-17(9-7-16)21(28-10-12-29-13-11-28)15-26-23-20(14-25)27-22(30-23)18-4-2-3-5-19(18)24/h2-9,21,26H,10-13,15H2,1H3. The second-order valence-electron chi connectivity index (χ2n) is 7.24. The maximum Gasteiger partial charge on any atom is 0.233 e. The summed E-state index contributed by atoms with van der Waals surface area (Å²) in [6.07, 6.45) is 0. The lowest BCUT2D eigenvalue weighted by atomic mass is 10.0. The largest absolute Gasteiger partial charge is 0.419 e. The molecular weight excluding hydrogens is 383 g/mol. The quantitative estimate of drug-likeness (QED) is 0.663. The van der Waals surface area contributed by atoms with Crippen molar-refractivity contribution in [3.63, 3.8) is 0 Å². The van der Waals surface area contributed by atoms with Crippen LogP contribution in [0.25, 0.3) is 11.5 Å². The van der Waals surface area contributed by atoms with Gasteiger partial charge in [-0.25, -0.2) is 4.39 Å². The van der Waals surface area contributed by atoms with Crippen molar-refractivity contribution >= 4 is 5.88 Å². The first kappa shape index (κ1) is 20.1. The zero-order valence-electron chi connectivity index (χ0n) is 16.8. The molecule has 6 nitrogen and oxygen atoms in total. The maximum atomic E-state index is 14.1. The van der Waals surface area contributed by atoms with Crippen molar-refractivity contribution in [2.24, 2.45) is 0 Å². The molecule has 1 atom stereocenters. The normalized spacial score (nSPS) is 15.5. The van der Waals surface area contributed by atoms with Crippen LogP contribution in [0.3, 0.4) is 0 Å². The van der Waals surface area contributed by atoms with Crippen LogP contribution in [0, 0.1) is 24.1 Å². The number of anilines is 1. The first-order valence-corrected chi connectivity index (χ1v) is 9.94. The Morgan fingerprint density at radius 3 is 2.60 bits per heavy atom. The van der Waals surface area contributed by atoms with Crippen molar-refractivity contribution in [2.45, 2.75) is 13.0 Å². The molecule has 7 heteroatoms. The van der Waals surface area contributed by atoms with Crippen LogP contribution in [0.15, 0.2) is 52.9 Å². The molecule has 1 aliphatic rings. The van der Waals surface area contributed by atoms with Crippen LogP contribution in [0.2, 0.25) is 0 Å². The predicted octanol–water partition coefficient (Wildman–Crippen LogP) is 4.15. The van der Waals surface area contributed by atoms with E-state index in [-0.39, 0.29) is 29.1 Å². The van der Waals surface area contributed by atoms with Gasteiger partial charge in [-0.3, -0.25) is 4.90 Å². The molecule has 2 aromatic carbocycles. The molecule has 1 aromatic heterocycles. The molecule has 0 aliphatic carbocycles. The summed E-state index contributed by atoms with van der Waals surface area (Å²) in [6.45, 7) is 5.59. The molecule has 1 fully saturated rings. The summed E-state index contributed by atoms with van der Waals surface area (Å²) in [5, 5.41) is 12.7. The number of hydrogen-bond acceptors (Lipinski definition) is 6. The van der Waals surface area contributed by atoms with E-state index in [9.17, 15) is 9.65 Å². The van der Waals surface area contributed by atoms with Gasteiger partial charge in [-0.1, -0.05) is 42.0 Å². The van der Waals surface area contributed by atoms with E-state index in [1.165, 1.54) is 17.2 Å². The van der Waals surface area contributed by atoms with E-state index in [1.54, 1.807) is 18.2 Å². The number of aryl methyl sites for hydroxylation is 1. The zero-order valence-corrected chi connectivity index (χ0v) is 16.8. The highest BCUT2D eigenvalue weighted by atomic mass is 19.1. The summed E-state index contributed by atoms with van der Waals surface area (Å²) in [5.74, 6) is -0.104. The number of nitrogens with one attached hydrogen (secondary N) is 1.